The van der Waals surface area contributed by atoms with E-state index in [4.69, 9.17) is 5.26 Å². The molecule has 1 aromatic rings. The third kappa shape index (κ3) is 3.28. The normalized spacial score (nSPS) is 13.3. The number of halogens is 2. The van der Waals surface area contributed by atoms with Crippen molar-refractivity contribution in [2.75, 3.05) is 13.6 Å². The maximum atomic E-state index is 13.6. The minimum absolute atomic E-state index is 0.0222. The summed E-state index contributed by atoms with van der Waals surface area (Å²) in [7, 11) is -2.58. The Kier molecular flexibility index (Phi) is 4.85. The predicted molar refractivity (Wildman–Crippen MR) is 68.7 cm³/mol. The van der Waals surface area contributed by atoms with E-state index >= 15 is 0 Å². The van der Waals surface area contributed by atoms with Gasteiger partial charge in [0.2, 0.25) is 10.0 Å². The summed E-state index contributed by atoms with van der Waals surface area (Å²) in [4.78, 5) is -0.390. The van der Waals surface area contributed by atoms with Crippen LogP contribution in [0.1, 0.15) is 6.92 Å². The molecule has 0 spiro atoms. The minimum Gasteiger partial charge on any atom is -0.207 e. The molecule has 0 fully saturated rings. The molecule has 0 saturated heterocycles. The highest BCUT2D eigenvalue weighted by Gasteiger charge is 2.25. The summed E-state index contributed by atoms with van der Waals surface area (Å²) in [6.45, 7) is 1.62. The molecule has 1 aromatic carbocycles. The van der Waals surface area contributed by atoms with Crippen molar-refractivity contribution in [2.24, 2.45) is 5.92 Å². The number of rotatable bonds is 4. The first-order chi connectivity index (χ1) is 8.28. The van der Waals surface area contributed by atoms with Gasteiger partial charge in [0.25, 0.3) is 0 Å². The molecule has 98 valence electrons. The van der Waals surface area contributed by atoms with Crippen molar-refractivity contribution < 1.29 is 12.8 Å². The Balaban J connectivity index is 3.10. The van der Waals surface area contributed by atoms with Crippen LogP contribution < -0.4 is 0 Å². The number of nitrogens with zero attached hydrogens (tertiary/aromatic N) is 2. The van der Waals surface area contributed by atoms with Crippen LogP contribution in [0.25, 0.3) is 0 Å². The Morgan fingerprint density at radius 2 is 2.17 bits per heavy atom. The maximum absolute atomic E-state index is 13.6. The lowest BCUT2D eigenvalue weighted by atomic mass is 10.2. The monoisotopic (exact) mass is 334 g/mol. The van der Waals surface area contributed by atoms with E-state index in [1.807, 2.05) is 6.07 Å². The molecule has 18 heavy (non-hydrogen) atoms. The fourth-order valence-corrected chi connectivity index (χ4v) is 3.01. The van der Waals surface area contributed by atoms with Crippen LogP contribution in [0, 0.1) is 23.1 Å². The second kappa shape index (κ2) is 5.78. The first-order valence-electron chi connectivity index (χ1n) is 5.10. The van der Waals surface area contributed by atoms with Crippen LogP contribution in [-0.2, 0) is 10.0 Å². The Morgan fingerprint density at radius 1 is 1.56 bits per heavy atom. The Hall–Kier alpha value is -0.970. The molecule has 7 heteroatoms. The highest BCUT2D eigenvalue weighted by molar-refractivity contribution is 9.10. The Bertz CT molecular complexity index is 583. The van der Waals surface area contributed by atoms with E-state index in [2.05, 4.69) is 15.9 Å². The lowest BCUT2D eigenvalue weighted by molar-refractivity contribution is 0.434. The average Bonchev–Trinajstić information content (AvgIpc) is 2.28. The van der Waals surface area contributed by atoms with Crippen LogP contribution in [0.2, 0.25) is 0 Å². The molecule has 0 N–H and O–H groups in total. The predicted octanol–water partition coefficient (Wildman–Crippen LogP) is 2.37. The van der Waals surface area contributed by atoms with Crippen LogP contribution in [0.3, 0.4) is 0 Å². The van der Waals surface area contributed by atoms with Gasteiger partial charge in [0.05, 0.1) is 12.0 Å². The summed E-state index contributed by atoms with van der Waals surface area (Å²) in [5.74, 6) is -1.27. The molecule has 0 aliphatic carbocycles. The zero-order valence-electron chi connectivity index (χ0n) is 9.89. The van der Waals surface area contributed by atoms with Gasteiger partial charge in [-0.15, -0.1) is 0 Å². The first-order valence-corrected chi connectivity index (χ1v) is 7.33. The highest BCUT2D eigenvalue weighted by Crippen LogP contribution is 2.22. The molecule has 4 nitrogen and oxygen atoms in total. The minimum atomic E-state index is -3.91. The Morgan fingerprint density at radius 3 is 2.67 bits per heavy atom. The van der Waals surface area contributed by atoms with Crippen molar-refractivity contribution in [3.05, 3.63) is 28.5 Å². The van der Waals surface area contributed by atoms with Gasteiger partial charge in [0.1, 0.15) is 10.7 Å². The van der Waals surface area contributed by atoms with Crippen molar-refractivity contribution in [3.63, 3.8) is 0 Å². The third-order valence-corrected chi connectivity index (χ3v) is 4.68. The quantitative estimate of drug-likeness (QED) is 0.849. The number of benzene rings is 1. The summed E-state index contributed by atoms with van der Waals surface area (Å²) >= 11 is 3.06. The SMILES string of the molecule is CC(C#N)CN(C)S(=O)(=O)c1ccc(Br)cc1F. The molecule has 1 rings (SSSR count). The van der Waals surface area contributed by atoms with Gasteiger partial charge >= 0.3 is 0 Å². The zero-order chi connectivity index (χ0) is 13.9. The van der Waals surface area contributed by atoms with Gasteiger partial charge in [-0.1, -0.05) is 15.9 Å². The highest BCUT2D eigenvalue weighted by atomic mass is 79.9. The first kappa shape index (κ1) is 15.1. The van der Waals surface area contributed by atoms with Crippen molar-refractivity contribution >= 4 is 26.0 Å². The van der Waals surface area contributed by atoms with E-state index in [1.165, 1.54) is 19.2 Å². The molecule has 0 aliphatic heterocycles. The largest absolute Gasteiger partial charge is 0.245 e. The van der Waals surface area contributed by atoms with E-state index in [9.17, 15) is 12.8 Å². The van der Waals surface area contributed by atoms with Crippen LogP contribution in [0.5, 0.6) is 0 Å². The second-order valence-electron chi connectivity index (χ2n) is 3.89. The summed E-state index contributed by atoms with van der Waals surface area (Å²) in [5.41, 5.74) is 0. The van der Waals surface area contributed by atoms with Crippen molar-refractivity contribution in [3.8, 4) is 6.07 Å². The van der Waals surface area contributed by atoms with Gasteiger partial charge in [0.15, 0.2) is 0 Å². The summed E-state index contributed by atoms with van der Waals surface area (Å²) in [6, 6.07) is 5.68. The smallest absolute Gasteiger partial charge is 0.207 e. The second-order valence-corrected chi connectivity index (χ2v) is 6.82. The van der Waals surface area contributed by atoms with Crippen molar-refractivity contribution in [2.45, 2.75) is 11.8 Å². The lowest BCUT2D eigenvalue weighted by Gasteiger charge is -2.18. The molecule has 0 aromatic heterocycles. The number of sulfonamides is 1. The molecule has 0 aliphatic rings. The molecule has 1 unspecified atom stereocenters. The van der Waals surface area contributed by atoms with Crippen molar-refractivity contribution in [1.29, 1.82) is 5.26 Å². The topological polar surface area (TPSA) is 61.2 Å². The number of hydrogen-bond donors (Lipinski definition) is 0. The van der Waals surface area contributed by atoms with Crippen LogP contribution >= 0.6 is 15.9 Å². The fraction of sp³-hybridized carbons (Fsp3) is 0.364. The zero-order valence-corrected chi connectivity index (χ0v) is 12.3. The lowest BCUT2D eigenvalue weighted by Crippen LogP contribution is -2.31. The van der Waals surface area contributed by atoms with E-state index in [1.54, 1.807) is 6.92 Å². The van der Waals surface area contributed by atoms with Gasteiger partial charge in [-0.3, -0.25) is 0 Å². The summed E-state index contributed by atoms with van der Waals surface area (Å²) < 4.78 is 39.2. The van der Waals surface area contributed by atoms with E-state index in [0.717, 1.165) is 10.4 Å². The fourth-order valence-electron chi connectivity index (χ4n) is 1.38. The number of hydrogen-bond acceptors (Lipinski definition) is 3. The van der Waals surface area contributed by atoms with E-state index in [-0.39, 0.29) is 6.54 Å². The molecule has 0 radical (unpaired) electrons. The van der Waals surface area contributed by atoms with E-state index < -0.39 is 26.7 Å². The van der Waals surface area contributed by atoms with E-state index in [0.29, 0.717) is 4.47 Å². The number of nitriles is 1. The van der Waals surface area contributed by atoms with Crippen LogP contribution in [0.4, 0.5) is 4.39 Å². The average molecular weight is 335 g/mol. The molecule has 1 atom stereocenters. The molecule has 0 bridgehead atoms. The van der Waals surface area contributed by atoms with Crippen molar-refractivity contribution in [1.82, 2.24) is 4.31 Å². The summed E-state index contributed by atoms with van der Waals surface area (Å²) in [5, 5.41) is 8.66. The van der Waals surface area contributed by atoms with Gasteiger partial charge in [-0.2, -0.15) is 9.57 Å². The molecular weight excluding hydrogens is 323 g/mol. The van der Waals surface area contributed by atoms with Gasteiger partial charge in [0, 0.05) is 18.1 Å². The van der Waals surface area contributed by atoms with Gasteiger partial charge in [-0.05, 0) is 25.1 Å². The van der Waals surface area contributed by atoms with Gasteiger partial charge in [-0.25, -0.2) is 12.8 Å². The van der Waals surface area contributed by atoms with Gasteiger partial charge < -0.3 is 0 Å². The Labute approximate surface area is 114 Å². The van der Waals surface area contributed by atoms with Crippen LogP contribution in [-0.4, -0.2) is 26.3 Å². The van der Waals surface area contributed by atoms with Crippen LogP contribution in [0.15, 0.2) is 27.6 Å². The molecule has 0 heterocycles. The molecule has 0 amide bonds. The maximum Gasteiger partial charge on any atom is 0.245 e. The third-order valence-electron chi connectivity index (χ3n) is 2.33. The standard InChI is InChI=1S/C11H12BrFN2O2S/c1-8(6-14)7-15(2)18(16,17)11-4-3-9(12)5-10(11)13/h3-5,8H,7H2,1-2H3. The summed E-state index contributed by atoms with van der Waals surface area (Å²) in [6.07, 6.45) is 0. The molecule has 0 saturated carbocycles. The molecular formula is C11H12BrFN2O2S.